The molecule has 1 rings (SSSR count). The molecule has 0 fully saturated rings. The van der Waals surface area contributed by atoms with E-state index in [4.69, 9.17) is 9.84 Å². The zero-order valence-electron chi connectivity index (χ0n) is 6.86. The van der Waals surface area contributed by atoms with E-state index in [1.807, 2.05) is 0 Å². The van der Waals surface area contributed by atoms with Crippen LogP contribution in [0, 0.1) is 0 Å². The van der Waals surface area contributed by atoms with Gasteiger partial charge >= 0.3 is 5.97 Å². The largest absolute Gasteiger partial charge is 0.494 e. The number of esters is 1. The van der Waals surface area contributed by atoms with Crippen LogP contribution in [0.1, 0.15) is 6.92 Å². The summed E-state index contributed by atoms with van der Waals surface area (Å²) in [5.74, 6) is -0.271. The van der Waals surface area contributed by atoms with Crippen LogP contribution >= 0.6 is 0 Å². The Balaban J connectivity index is 2.52. The van der Waals surface area contributed by atoms with Gasteiger partial charge in [0.15, 0.2) is 5.88 Å². The standard InChI is InChI=1S/C8H11NO3/c1-2-12-8(11)6-9-5-3-4-7(9)10/h3-5,10H,2,6H2,1H3. The van der Waals surface area contributed by atoms with Crippen LogP contribution in [0.2, 0.25) is 0 Å². The van der Waals surface area contributed by atoms with Gasteiger partial charge in [0.1, 0.15) is 6.54 Å². The first kappa shape index (κ1) is 8.64. The molecule has 1 N–H and O–H groups in total. The predicted octanol–water partition coefficient (Wildman–Crippen LogP) is 0.757. The van der Waals surface area contributed by atoms with E-state index in [0.717, 1.165) is 0 Å². The molecule has 12 heavy (non-hydrogen) atoms. The first-order chi connectivity index (χ1) is 5.74. The van der Waals surface area contributed by atoms with Crippen molar-refractivity contribution in [1.29, 1.82) is 0 Å². The molecule has 1 aromatic rings. The summed E-state index contributed by atoms with van der Waals surface area (Å²) in [5, 5.41) is 9.12. The second-order valence-corrected chi connectivity index (χ2v) is 2.30. The summed E-state index contributed by atoms with van der Waals surface area (Å²) in [6.07, 6.45) is 1.62. The fraction of sp³-hybridized carbons (Fsp3) is 0.375. The van der Waals surface area contributed by atoms with E-state index in [0.29, 0.717) is 6.61 Å². The van der Waals surface area contributed by atoms with Gasteiger partial charge in [0.25, 0.3) is 0 Å². The number of nitrogens with zero attached hydrogens (tertiary/aromatic N) is 1. The SMILES string of the molecule is CCOC(=O)Cn1cccc1O. The average Bonchev–Trinajstić information content (AvgIpc) is 2.37. The second-order valence-electron chi connectivity index (χ2n) is 2.30. The van der Waals surface area contributed by atoms with Crippen LogP contribution in [0.25, 0.3) is 0 Å². The Bertz CT molecular complexity index is 267. The van der Waals surface area contributed by atoms with Crippen molar-refractivity contribution in [1.82, 2.24) is 4.57 Å². The first-order valence-electron chi connectivity index (χ1n) is 3.73. The van der Waals surface area contributed by atoms with Crippen LogP contribution in [-0.2, 0) is 16.1 Å². The van der Waals surface area contributed by atoms with Crippen molar-refractivity contribution >= 4 is 5.97 Å². The summed E-state index contributed by atoms with van der Waals surface area (Å²) in [6.45, 7) is 2.17. The van der Waals surface area contributed by atoms with Gasteiger partial charge in [0.2, 0.25) is 0 Å². The Hall–Kier alpha value is -1.45. The fourth-order valence-corrected chi connectivity index (χ4v) is 0.885. The Morgan fingerprint density at radius 2 is 2.50 bits per heavy atom. The first-order valence-corrected chi connectivity index (χ1v) is 3.73. The van der Waals surface area contributed by atoms with E-state index < -0.39 is 0 Å². The quantitative estimate of drug-likeness (QED) is 0.679. The van der Waals surface area contributed by atoms with Gasteiger partial charge < -0.3 is 14.4 Å². The number of ether oxygens (including phenoxy) is 1. The summed E-state index contributed by atoms with van der Waals surface area (Å²) in [7, 11) is 0. The predicted molar refractivity (Wildman–Crippen MR) is 42.7 cm³/mol. The maximum Gasteiger partial charge on any atom is 0.326 e. The molecule has 0 saturated carbocycles. The Morgan fingerprint density at radius 3 is 3.00 bits per heavy atom. The molecule has 0 aliphatic carbocycles. The molecule has 0 saturated heterocycles. The zero-order chi connectivity index (χ0) is 8.97. The number of rotatable bonds is 3. The molecule has 0 amide bonds. The molecule has 0 aliphatic heterocycles. The summed E-state index contributed by atoms with van der Waals surface area (Å²) >= 11 is 0. The van der Waals surface area contributed by atoms with Crippen LogP contribution in [0.15, 0.2) is 18.3 Å². The van der Waals surface area contributed by atoms with Crippen molar-refractivity contribution in [3.05, 3.63) is 18.3 Å². The van der Waals surface area contributed by atoms with E-state index >= 15 is 0 Å². The minimum absolute atomic E-state index is 0.0622. The Kier molecular flexibility index (Phi) is 2.74. The van der Waals surface area contributed by atoms with Gasteiger partial charge in [0.05, 0.1) is 6.61 Å². The highest BCUT2D eigenvalue weighted by Crippen LogP contribution is 2.08. The molecule has 0 atom stereocenters. The Morgan fingerprint density at radius 1 is 1.75 bits per heavy atom. The highest BCUT2D eigenvalue weighted by atomic mass is 16.5. The van der Waals surface area contributed by atoms with E-state index in [-0.39, 0.29) is 18.4 Å². The van der Waals surface area contributed by atoms with E-state index in [9.17, 15) is 4.79 Å². The lowest BCUT2D eigenvalue weighted by Crippen LogP contribution is -2.12. The maximum absolute atomic E-state index is 10.9. The van der Waals surface area contributed by atoms with Crippen LogP contribution < -0.4 is 0 Å². The molecule has 0 aliphatic rings. The minimum Gasteiger partial charge on any atom is -0.494 e. The minimum atomic E-state index is -0.344. The van der Waals surface area contributed by atoms with Crippen molar-refractivity contribution < 1.29 is 14.6 Å². The number of aromatic nitrogens is 1. The van der Waals surface area contributed by atoms with Gasteiger partial charge in [0, 0.05) is 6.20 Å². The second kappa shape index (κ2) is 3.80. The van der Waals surface area contributed by atoms with Crippen molar-refractivity contribution in [2.45, 2.75) is 13.5 Å². The monoisotopic (exact) mass is 169 g/mol. The van der Waals surface area contributed by atoms with Gasteiger partial charge in [-0.25, -0.2) is 0 Å². The smallest absolute Gasteiger partial charge is 0.326 e. The molecule has 0 bridgehead atoms. The van der Waals surface area contributed by atoms with E-state index in [1.165, 1.54) is 10.6 Å². The zero-order valence-corrected chi connectivity index (χ0v) is 6.86. The molecule has 66 valence electrons. The normalized spacial score (nSPS) is 9.75. The van der Waals surface area contributed by atoms with E-state index in [2.05, 4.69) is 0 Å². The molecule has 0 unspecified atom stereocenters. The molecule has 0 aromatic carbocycles. The van der Waals surface area contributed by atoms with Gasteiger partial charge in [-0.05, 0) is 19.1 Å². The third kappa shape index (κ3) is 2.02. The van der Waals surface area contributed by atoms with Crippen molar-refractivity contribution in [2.24, 2.45) is 0 Å². The van der Waals surface area contributed by atoms with Crippen LogP contribution in [-0.4, -0.2) is 22.2 Å². The molecular weight excluding hydrogens is 158 g/mol. The van der Waals surface area contributed by atoms with Gasteiger partial charge in [-0.2, -0.15) is 0 Å². The summed E-state index contributed by atoms with van der Waals surface area (Å²) in [5.41, 5.74) is 0. The number of hydrogen-bond acceptors (Lipinski definition) is 3. The van der Waals surface area contributed by atoms with Crippen molar-refractivity contribution in [3.8, 4) is 5.88 Å². The summed E-state index contributed by atoms with van der Waals surface area (Å²) in [6, 6.07) is 3.17. The molecule has 0 spiro atoms. The lowest BCUT2D eigenvalue weighted by Gasteiger charge is -2.03. The number of aromatic hydroxyl groups is 1. The lowest BCUT2D eigenvalue weighted by molar-refractivity contribution is -0.143. The third-order valence-corrected chi connectivity index (χ3v) is 1.41. The van der Waals surface area contributed by atoms with Crippen molar-refractivity contribution in [3.63, 3.8) is 0 Å². The fourth-order valence-electron chi connectivity index (χ4n) is 0.885. The van der Waals surface area contributed by atoms with Crippen LogP contribution in [0.3, 0.4) is 0 Å². The van der Waals surface area contributed by atoms with E-state index in [1.54, 1.807) is 19.2 Å². The number of hydrogen-bond donors (Lipinski definition) is 1. The molecule has 0 radical (unpaired) electrons. The van der Waals surface area contributed by atoms with Crippen LogP contribution in [0.4, 0.5) is 0 Å². The molecule has 4 nitrogen and oxygen atoms in total. The summed E-state index contributed by atoms with van der Waals surface area (Å²) in [4.78, 5) is 10.9. The molecule has 1 heterocycles. The highest BCUT2D eigenvalue weighted by Gasteiger charge is 2.04. The third-order valence-electron chi connectivity index (χ3n) is 1.41. The van der Waals surface area contributed by atoms with Crippen molar-refractivity contribution in [2.75, 3.05) is 6.61 Å². The van der Waals surface area contributed by atoms with Crippen LogP contribution in [0.5, 0.6) is 5.88 Å². The average molecular weight is 169 g/mol. The van der Waals surface area contributed by atoms with Gasteiger partial charge in [-0.15, -0.1) is 0 Å². The van der Waals surface area contributed by atoms with Gasteiger partial charge in [-0.3, -0.25) is 4.79 Å². The molecule has 1 aromatic heterocycles. The van der Waals surface area contributed by atoms with Gasteiger partial charge in [-0.1, -0.05) is 0 Å². The Labute approximate surface area is 70.4 Å². The lowest BCUT2D eigenvalue weighted by atomic mass is 10.6. The maximum atomic E-state index is 10.9. The molecule has 4 heteroatoms. The summed E-state index contributed by atoms with van der Waals surface area (Å²) < 4.78 is 6.11. The highest BCUT2D eigenvalue weighted by molar-refractivity contribution is 5.69. The number of carbonyl (C=O) groups excluding carboxylic acids is 1. The number of carbonyl (C=O) groups is 1. The molecular formula is C8H11NO3. The topological polar surface area (TPSA) is 51.5 Å².